The van der Waals surface area contributed by atoms with E-state index >= 15 is 0 Å². The monoisotopic (exact) mass is 496 g/mol. The van der Waals surface area contributed by atoms with Crippen LogP contribution in [-0.4, -0.2) is 27.9 Å². The average molecular weight is 497 g/mol. The molecule has 0 aliphatic carbocycles. The number of aromatic hydroxyl groups is 2. The molecule has 2 aromatic rings. The van der Waals surface area contributed by atoms with Crippen molar-refractivity contribution in [1.82, 2.24) is 0 Å². The van der Waals surface area contributed by atoms with E-state index in [-0.39, 0.29) is 28.7 Å². The molecule has 3 N–H and O–H groups in total. The standard InChI is InChI=1S/C31H44O5/c1-3-4-9-12-23(30(34)35)13-10-7-5-6-8-11-14-28-27-20-19-26(33)21-29(27)36-22-31(28,2)24-15-17-25(32)18-16-24/h15-21,23,28,32-33H,3-14,22H2,1-2H3,(H,34,35)/t23?,28-,31-/m1/s1. The van der Waals surface area contributed by atoms with Crippen molar-refractivity contribution >= 4 is 5.97 Å². The minimum absolute atomic E-state index is 0.179. The van der Waals surface area contributed by atoms with Gasteiger partial charge in [0.2, 0.25) is 0 Å². The van der Waals surface area contributed by atoms with Crippen molar-refractivity contribution in [1.29, 1.82) is 0 Å². The Bertz CT molecular complexity index is 954. The molecule has 0 spiro atoms. The number of aliphatic carboxylic acids is 1. The van der Waals surface area contributed by atoms with Crippen LogP contribution in [0.5, 0.6) is 17.2 Å². The largest absolute Gasteiger partial charge is 0.508 e. The van der Waals surface area contributed by atoms with E-state index in [4.69, 9.17) is 4.74 Å². The fraction of sp³-hybridized carbons (Fsp3) is 0.581. The smallest absolute Gasteiger partial charge is 0.306 e. The first-order valence-corrected chi connectivity index (χ1v) is 13.8. The Hall–Kier alpha value is -2.69. The van der Waals surface area contributed by atoms with E-state index in [0.717, 1.165) is 93.9 Å². The number of rotatable bonds is 15. The van der Waals surface area contributed by atoms with Crippen molar-refractivity contribution in [3.8, 4) is 17.2 Å². The maximum absolute atomic E-state index is 11.5. The van der Waals surface area contributed by atoms with Crippen LogP contribution < -0.4 is 4.74 Å². The molecular formula is C31H44O5. The molecule has 198 valence electrons. The van der Waals surface area contributed by atoms with Gasteiger partial charge < -0.3 is 20.1 Å². The zero-order chi connectivity index (χ0) is 26.0. The van der Waals surface area contributed by atoms with E-state index in [2.05, 4.69) is 13.8 Å². The molecule has 0 saturated heterocycles. The van der Waals surface area contributed by atoms with Crippen molar-refractivity contribution in [2.75, 3.05) is 6.61 Å². The van der Waals surface area contributed by atoms with Gasteiger partial charge in [-0.25, -0.2) is 0 Å². The van der Waals surface area contributed by atoms with Crippen LogP contribution in [0.1, 0.15) is 108 Å². The molecule has 36 heavy (non-hydrogen) atoms. The third-order valence-electron chi connectivity index (χ3n) is 8.00. The van der Waals surface area contributed by atoms with Gasteiger partial charge >= 0.3 is 5.97 Å². The zero-order valence-electron chi connectivity index (χ0n) is 22.0. The lowest BCUT2D eigenvalue weighted by atomic mass is 9.66. The fourth-order valence-electron chi connectivity index (χ4n) is 5.69. The van der Waals surface area contributed by atoms with Crippen LogP contribution in [0.4, 0.5) is 0 Å². The molecule has 0 saturated carbocycles. The predicted molar refractivity (Wildman–Crippen MR) is 144 cm³/mol. The second-order valence-corrected chi connectivity index (χ2v) is 10.8. The summed E-state index contributed by atoms with van der Waals surface area (Å²) in [5.41, 5.74) is 2.06. The summed E-state index contributed by atoms with van der Waals surface area (Å²) in [6.45, 7) is 4.91. The highest BCUT2D eigenvalue weighted by Crippen LogP contribution is 2.49. The minimum atomic E-state index is -0.632. The lowest BCUT2D eigenvalue weighted by Crippen LogP contribution is -2.40. The summed E-state index contributed by atoms with van der Waals surface area (Å²) >= 11 is 0. The number of ether oxygens (including phenoxy) is 1. The molecule has 3 rings (SSSR count). The molecule has 0 fully saturated rings. The van der Waals surface area contributed by atoms with Gasteiger partial charge in [0.25, 0.3) is 0 Å². The Morgan fingerprint density at radius 3 is 2.19 bits per heavy atom. The van der Waals surface area contributed by atoms with E-state index in [9.17, 15) is 20.1 Å². The molecule has 2 aromatic carbocycles. The van der Waals surface area contributed by atoms with Gasteiger partial charge in [0, 0.05) is 17.4 Å². The van der Waals surface area contributed by atoms with Gasteiger partial charge in [0.15, 0.2) is 0 Å². The Kier molecular flexibility index (Phi) is 10.5. The van der Waals surface area contributed by atoms with E-state index in [1.165, 1.54) is 0 Å². The Balaban J connectivity index is 1.50. The highest BCUT2D eigenvalue weighted by molar-refractivity contribution is 5.69. The molecular weight excluding hydrogens is 452 g/mol. The number of hydrogen-bond acceptors (Lipinski definition) is 4. The van der Waals surface area contributed by atoms with E-state index in [1.807, 2.05) is 18.2 Å². The molecule has 1 aliphatic rings. The maximum atomic E-state index is 11.5. The second-order valence-electron chi connectivity index (χ2n) is 10.8. The molecule has 0 aromatic heterocycles. The Morgan fingerprint density at radius 1 is 0.917 bits per heavy atom. The summed E-state index contributed by atoms with van der Waals surface area (Å²) < 4.78 is 6.11. The molecule has 0 radical (unpaired) electrons. The van der Waals surface area contributed by atoms with Crippen LogP contribution in [0.2, 0.25) is 0 Å². The molecule has 5 heteroatoms. The van der Waals surface area contributed by atoms with Gasteiger partial charge in [-0.1, -0.05) is 89.8 Å². The summed E-state index contributed by atoms with van der Waals surface area (Å²) in [6, 6.07) is 12.9. The van der Waals surface area contributed by atoms with Crippen LogP contribution in [0.15, 0.2) is 42.5 Å². The molecule has 1 heterocycles. The van der Waals surface area contributed by atoms with Gasteiger partial charge in [-0.3, -0.25) is 4.79 Å². The van der Waals surface area contributed by atoms with E-state index in [0.29, 0.717) is 6.61 Å². The van der Waals surface area contributed by atoms with Gasteiger partial charge in [-0.05, 0) is 48.6 Å². The normalized spacial score (nSPS) is 19.9. The highest BCUT2D eigenvalue weighted by atomic mass is 16.5. The predicted octanol–water partition coefficient (Wildman–Crippen LogP) is 7.93. The third kappa shape index (κ3) is 7.41. The quantitative estimate of drug-likeness (QED) is 0.218. The first-order chi connectivity index (χ1) is 17.3. The number of benzene rings is 2. The first kappa shape index (κ1) is 27.9. The van der Waals surface area contributed by atoms with Crippen molar-refractivity contribution in [2.24, 2.45) is 5.92 Å². The zero-order valence-corrected chi connectivity index (χ0v) is 22.0. The van der Waals surface area contributed by atoms with Crippen LogP contribution >= 0.6 is 0 Å². The van der Waals surface area contributed by atoms with Crippen LogP contribution in [0.25, 0.3) is 0 Å². The fourth-order valence-corrected chi connectivity index (χ4v) is 5.69. The van der Waals surface area contributed by atoms with E-state index < -0.39 is 5.97 Å². The molecule has 3 atom stereocenters. The number of carboxylic acids is 1. The molecule has 5 nitrogen and oxygen atoms in total. The van der Waals surface area contributed by atoms with Gasteiger partial charge in [-0.15, -0.1) is 0 Å². The van der Waals surface area contributed by atoms with Crippen LogP contribution in [-0.2, 0) is 10.2 Å². The molecule has 1 unspecified atom stereocenters. The summed E-state index contributed by atoms with van der Waals surface area (Å²) in [5, 5.41) is 29.2. The SMILES string of the molecule is CCCCCC(CCCCCCCC[C@@H]1c2ccc(O)cc2OC[C@]1(C)c1ccc(O)cc1)C(=O)O. The molecule has 1 aliphatic heterocycles. The number of fused-ring (bicyclic) bond motifs is 1. The van der Waals surface area contributed by atoms with Gasteiger partial charge in [0.05, 0.1) is 12.5 Å². The molecule has 0 bridgehead atoms. The van der Waals surface area contributed by atoms with Crippen molar-refractivity contribution in [2.45, 2.75) is 102 Å². The number of phenols is 2. The van der Waals surface area contributed by atoms with Gasteiger partial charge in [-0.2, -0.15) is 0 Å². The van der Waals surface area contributed by atoms with Crippen molar-refractivity contribution in [3.63, 3.8) is 0 Å². The van der Waals surface area contributed by atoms with Crippen LogP contribution in [0, 0.1) is 5.92 Å². The second kappa shape index (κ2) is 13.6. The number of phenolic OH excluding ortho intramolecular Hbond substituents is 2. The molecule has 0 amide bonds. The summed E-state index contributed by atoms with van der Waals surface area (Å²) in [7, 11) is 0. The highest BCUT2D eigenvalue weighted by Gasteiger charge is 2.42. The number of unbranched alkanes of at least 4 members (excludes halogenated alkanes) is 7. The number of carbonyl (C=O) groups is 1. The topological polar surface area (TPSA) is 87.0 Å². The third-order valence-corrected chi connectivity index (χ3v) is 8.00. The number of hydrogen-bond donors (Lipinski definition) is 3. The summed E-state index contributed by atoms with van der Waals surface area (Å²) in [4.78, 5) is 11.5. The van der Waals surface area contributed by atoms with Gasteiger partial charge in [0.1, 0.15) is 17.2 Å². The Morgan fingerprint density at radius 2 is 1.53 bits per heavy atom. The lowest BCUT2D eigenvalue weighted by Gasteiger charge is -2.43. The maximum Gasteiger partial charge on any atom is 0.306 e. The lowest BCUT2D eigenvalue weighted by molar-refractivity contribution is -0.142. The van der Waals surface area contributed by atoms with Crippen LogP contribution in [0.3, 0.4) is 0 Å². The average Bonchev–Trinajstić information content (AvgIpc) is 2.86. The summed E-state index contributed by atoms with van der Waals surface area (Å²) in [5.74, 6) is 0.692. The first-order valence-electron chi connectivity index (χ1n) is 13.8. The van der Waals surface area contributed by atoms with Crippen molar-refractivity contribution < 1.29 is 24.9 Å². The van der Waals surface area contributed by atoms with Crippen molar-refractivity contribution in [3.05, 3.63) is 53.6 Å². The number of carboxylic acid groups (broad SMARTS) is 1. The Labute approximate surface area is 216 Å². The minimum Gasteiger partial charge on any atom is -0.508 e. The van der Waals surface area contributed by atoms with E-state index in [1.54, 1.807) is 24.3 Å². The summed E-state index contributed by atoms with van der Waals surface area (Å²) in [6.07, 6.45) is 12.6.